The molecule has 0 radical (unpaired) electrons. The number of rotatable bonds is 2. The molecule has 0 aliphatic heterocycles. The van der Waals surface area contributed by atoms with E-state index < -0.39 is 29.7 Å². The van der Waals surface area contributed by atoms with E-state index in [0.717, 1.165) is 5.69 Å². The van der Waals surface area contributed by atoms with Gasteiger partial charge in [0.15, 0.2) is 5.60 Å². The van der Waals surface area contributed by atoms with Crippen LogP contribution in [0.1, 0.15) is 43.1 Å². The molecule has 2 unspecified atom stereocenters. The zero-order valence-corrected chi connectivity index (χ0v) is 16.9. The van der Waals surface area contributed by atoms with E-state index >= 15 is 0 Å². The summed E-state index contributed by atoms with van der Waals surface area (Å²) in [5.74, 6) is -0.155. The molecule has 0 spiro atoms. The second-order valence-corrected chi connectivity index (χ2v) is 8.66. The van der Waals surface area contributed by atoms with Crippen LogP contribution >= 0.6 is 0 Å². The molecule has 2 aromatic carbocycles. The summed E-state index contributed by atoms with van der Waals surface area (Å²) in [6.07, 6.45) is -5.40. The molecule has 158 valence electrons. The minimum atomic E-state index is -4.88. The number of halogens is 3. The SMILES string of the molecule is Cc1ccc2c(NC3c4cc(O)ccc4C(C)(C)CC3(O)C(F)(F)F)cccc2n1. The highest BCUT2D eigenvalue weighted by Gasteiger charge is 2.63. The molecule has 0 saturated carbocycles. The van der Waals surface area contributed by atoms with Crippen LogP contribution in [-0.2, 0) is 5.41 Å². The highest BCUT2D eigenvalue weighted by molar-refractivity contribution is 5.91. The van der Waals surface area contributed by atoms with E-state index in [2.05, 4.69) is 10.3 Å². The Morgan fingerprint density at radius 2 is 1.83 bits per heavy atom. The number of phenols is 1. The number of aliphatic hydroxyl groups is 1. The van der Waals surface area contributed by atoms with E-state index in [0.29, 0.717) is 22.2 Å². The van der Waals surface area contributed by atoms with Gasteiger partial charge in [0.1, 0.15) is 5.75 Å². The second-order valence-electron chi connectivity index (χ2n) is 8.66. The third kappa shape index (κ3) is 3.17. The Morgan fingerprint density at radius 3 is 2.53 bits per heavy atom. The van der Waals surface area contributed by atoms with Crippen molar-refractivity contribution in [2.45, 2.75) is 50.4 Å². The monoisotopic (exact) mass is 416 g/mol. The Hall–Kier alpha value is -2.80. The molecule has 0 bridgehead atoms. The third-order valence-corrected chi connectivity index (χ3v) is 5.93. The average molecular weight is 416 g/mol. The Balaban J connectivity index is 1.93. The van der Waals surface area contributed by atoms with Crippen LogP contribution in [0.3, 0.4) is 0 Å². The Kier molecular flexibility index (Phi) is 4.51. The van der Waals surface area contributed by atoms with Gasteiger partial charge in [-0.3, -0.25) is 4.98 Å². The summed E-state index contributed by atoms with van der Waals surface area (Å²) in [6, 6.07) is 11.6. The number of alkyl halides is 3. The fourth-order valence-electron chi connectivity index (χ4n) is 4.53. The van der Waals surface area contributed by atoms with Crippen molar-refractivity contribution in [1.29, 1.82) is 0 Å². The summed E-state index contributed by atoms with van der Waals surface area (Å²) in [5, 5.41) is 24.6. The highest BCUT2D eigenvalue weighted by Crippen LogP contribution is 2.55. The lowest BCUT2D eigenvalue weighted by atomic mass is 9.63. The van der Waals surface area contributed by atoms with Crippen molar-refractivity contribution in [3.05, 3.63) is 65.4 Å². The number of benzene rings is 2. The summed E-state index contributed by atoms with van der Waals surface area (Å²) in [5.41, 5.74) is -1.23. The van der Waals surface area contributed by atoms with E-state index in [-0.39, 0.29) is 11.3 Å². The number of anilines is 1. The first-order valence-corrected chi connectivity index (χ1v) is 9.68. The van der Waals surface area contributed by atoms with Crippen molar-refractivity contribution in [2.75, 3.05) is 5.32 Å². The highest BCUT2D eigenvalue weighted by atomic mass is 19.4. The largest absolute Gasteiger partial charge is 0.508 e. The summed E-state index contributed by atoms with van der Waals surface area (Å²) >= 11 is 0. The maximum atomic E-state index is 14.2. The van der Waals surface area contributed by atoms with Crippen molar-refractivity contribution >= 4 is 16.6 Å². The number of phenolic OH excluding ortho intramolecular Hbond substituents is 1. The van der Waals surface area contributed by atoms with Crippen molar-refractivity contribution < 1.29 is 23.4 Å². The van der Waals surface area contributed by atoms with Crippen LogP contribution in [0.2, 0.25) is 0 Å². The number of hydrogen-bond acceptors (Lipinski definition) is 4. The molecule has 3 N–H and O–H groups in total. The number of aromatic nitrogens is 1. The van der Waals surface area contributed by atoms with E-state index in [1.54, 1.807) is 50.2 Å². The zero-order chi connectivity index (χ0) is 21.9. The van der Waals surface area contributed by atoms with Crippen molar-refractivity contribution in [2.24, 2.45) is 0 Å². The third-order valence-electron chi connectivity index (χ3n) is 5.93. The second kappa shape index (κ2) is 6.60. The van der Waals surface area contributed by atoms with Crippen LogP contribution in [0.15, 0.2) is 48.5 Å². The number of fused-ring (bicyclic) bond motifs is 2. The minimum Gasteiger partial charge on any atom is -0.508 e. The van der Waals surface area contributed by atoms with Crippen molar-refractivity contribution in [1.82, 2.24) is 4.98 Å². The number of hydrogen-bond donors (Lipinski definition) is 3. The summed E-state index contributed by atoms with van der Waals surface area (Å²) < 4.78 is 42.7. The molecule has 2 atom stereocenters. The van der Waals surface area contributed by atoms with Crippen LogP contribution in [0, 0.1) is 6.92 Å². The predicted octanol–water partition coefficient (Wildman–Crippen LogP) is 5.38. The molecule has 4 rings (SSSR count). The van der Waals surface area contributed by atoms with Gasteiger partial charge in [0.2, 0.25) is 0 Å². The summed E-state index contributed by atoms with van der Waals surface area (Å²) in [6.45, 7) is 5.17. The van der Waals surface area contributed by atoms with E-state index in [1.165, 1.54) is 12.1 Å². The number of nitrogens with zero attached hydrogens (tertiary/aromatic N) is 1. The van der Waals surface area contributed by atoms with Gasteiger partial charge in [-0.05, 0) is 66.3 Å². The zero-order valence-electron chi connectivity index (χ0n) is 16.9. The normalized spacial score (nSPS) is 23.2. The lowest BCUT2D eigenvalue weighted by Crippen LogP contribution is -2.58. The standard InChI is InChI=1S/C23H23F3N2O2/c1-13-7-9-15-18(27-13)5-4-6-19(15)28-20-16-11-14(29)8-10-17(16)21(2,3)12-22(20,30)23(24,25)26/h4-11,20,28-30H,12H2,1-3H3. The molecule has 4 nitrogen and oxygen atoms in total. The predicted molar refractivity (Wildman–Crippen MR) is 110 cm³/mol. The number of aryl methyl sites for hydroxylation is 1. The van der Waals surface area contributed by atoms with Gasteiger partial charge < -0.3 is 15.5 Å². The topological polar surface area (TPSA) is 65.4 Å². The molecule has 0 saturated heterocycles. The maximum absolute atomic E-state index is 14.2. The van der Waals surface area contributed by atoms with Crippen molar-refractivity contribution in [3.63, 3.8) is 0 Å². The van der Waals surface area contributed by atoms with E-state index in [1.807, 2.05) is 6.92 Å². The van der Waals surface area contributed by atoms with Gasteiger partial charge >= 0.3 is 6.18 Å². The van der Waals surface area contributed by atoms with Crippen LogP contribution < -0.4 is 5.32 Å². The van der Waals surface area contributed by atoms with Crippen LogP contribution in [0.25, 0.3) is 10.9 Å². The molecule has 3 aromatic rings. The van der Waals surface area contributed by atoms with Crippen LogP contribution in [0.4, 0.5) is 18.9 Å². The van der Waals surface area contributed by atoms with E-state index in [4.69, 9.17) is 0 Å². The summed E-state index contributed by atoms with van der Waals surface area (Å²) in [4.78, 5) is 4.43. The molecule has 30 heavy (non-hydrogen) atoms. The molecular formula is C23H23F3N2O2. The van der Waals surface area contributed by atoms with Gasteiger partial charge in [0.05, 0.1) is 11.6 Å². The van der Waals surface area contributed by atoms with Gasteiger partial charge in [0.25, 0.3) is 0 Å². The number of pyridine rings is 1. The summed E-state index contributed by atoms with van der Waals surface area (Å²) in [7, 11) is 0. The Morgan fingerprint density at radius 1 is 1.10 bits per heavy atom. The lowest BCUT2D eigenvalue weighted by molar-refractivity contribution is -0.275. The molecule has 1 aromatic heterocycles. The minimum absolute atomic E-state index is 0.155. The molecule has 1 heterocycles. The average Bonchev–Trinajstić information content (AvgIpc) is 2.63. The molecular weight excluding hydrogens is 393 g/mol. The van der Waals surface area contributed by atoms with Gasteiger partial charge in [-0.1, -0.05) is 26.0 Å². The van der Waals surface area contributed by atoms with Crippen molar-refractivity contribution in [3.8, 4) is 5.75 Å². The van der Waals surface area contributed by atoms with Crippen LogP contribution in [-0.4, -0.2) is 27.0 Å². The lowest BCUT2D eigenvalue weighted by Gasteiger charge is -2.49. The molecule has 0 amide bonds. The molecule has 7 heteroatoms. The van der Waals surface area contributed by atoms with E-state index in [9.17, 15) is 23.4 Å². The van der Waals surface area contributed by atoms with Crippen LogP contribution in [0.5, 0.6) is 5.75 Å². The van der Waals surface area contributed by atoms with Gasteiger partial charge in [-0.2, -0.15) is 13.2 Å². The number of aromatic hydroxyl groups is 1. The first-order chi connectivity index (χ1) is 13.9. The first kappa shape index (κ1) is 20.5. The fourth-order valence-corrected chi connectivity index (χ4v) is 4.53. The Labute approximate surface area is 172 Å². The van der Waals surface area contributed by atoms with Gasteiger partial charge in [-0.25, -0.2) is 0 Å². The van der Waals surface area contributed by atoms with Gasteiger partial charge in [-0.15, -0.1) is 0 Å². The first-order valence-electron chi connectivity index (χ1n) is 9.68. The molecule has 1 aliphatic carbocycles. The fraction of sp³-hybridized carbons (Fsp3) is 0.348. The molecule has 1 aliphatic rings. The number of nitrogens with one attached hydrogen (secondary N) is 1. The smallest absolute Gasteiger partial charge is 0.419 e. The van der Waals surface area contributed by atoms with Gasteiger partial charge in [0, 0.05) is 16.8 Å². The Bertz CT molecular complexity index is 1130. The quantitative estimate of drug-likeness (QED) is 0.525. The molecule has 0 fully saturated rings. The maximum Gasteiger partial charge on any atom is 0.419 e.